The second kappa shape index (κ2) is 9.81. The molecule has 2 aliphatic heterocycles. The Morgan fingerprint density at radius 2 is 1.78 bits per heavy atom. The first-order valence-electron chi connectivity index (χ1n) is 12.0. The van der Waals surface area contributed by atoms with Gasteiger partial charge in [0, 0.05) is 23.9 Å². The molecule has 0 radical (unpaired) electrons. The van der Waals surface area contributed by atoms with Crippen LogP contribution in [0.2, 0.25) is 0 Å². The van der Waals surface area contributed by atoms with Crippen molar-refractivity contribution in [2.24, 2.45) is 0 Å². The smallest absolute Gasteiger partial charge is 0.300 e. The summed E-state index contributed by atoms with van der Waals surface area (Å²) in [7, 11) is 1.55. The summed E-state index contributed by atoms with van der Waals surface area (Å²) in [4.78, 5) is 39.5. The van der Waals surface area contributed by atoms with E-state index in [4.69, 9.17) is 9.47 Å². The van der Waals surface area contributed by atoms with Gasteiger partial charge in [0.15, 0.2) is 0 Å². The second-order valence-electron chi connectivity index (χ2n) is 8.94. The number of amides is 2. The molecule has 2 amide bonds. The van der Waals surface area contributed by atoms with Crippen molar-refractivity contribution in [2.75, 3.05) is 23.9 Å². The van der Waals surface area contributed by atoms with Crippen LogP contribution < -0.4 is 19.7 Å². The van der Waals surface area contributed by atoms with E-state index < -0.39 is 17.7 Å². The summed E-state index contributed by atoms with van der Waals surface area (Å²) in [5, 5.41) is 14.1. The number of rotatable bonds is 5. The average molecular weight is 499 g/mol. The van der Waals surface area contributed by atoms with E-state index >= 15 is 0 Å². The number of ketones is 1. The van der Waals surface area contributed by atoms with Gasteiger partial charge in [-0.15, -0.1) is 0 Å². The zero-order valence-electron chi connectivity index (χ0n) is 20.5. The van der Waals surface area contributed by atoms with Crippen LogP contribution in [0.3, 0.4) is 0 Å². The number of carbonyl (C=O) groups excluding carboxylic acids is 3. The summed E-state index contributed by atoms with van der Waals surface area (Å²) in [6.45, 7) is 2.05. The summed E-state index contributed by atoms with van der Waals surface area (Å²) in [6, 6.07) is 18.1. The topological polar surface area (TPSA) is 105 Å². The van der Waals surface area contributed by atoms with Gasteiger partial charge in [-0.2, -0.15) is 0 Å². The Labute approximate surface area is 214 Å². The van der Waals surface area contributed by atoms with Crippen molar-refractivity contribution in [1.29, 1.82) is 0 Å². The fraction of sp³-hybridized carbons (Fsp3) is 0.207. The molecule has 0 bridgehead atoms. The van der Waals surface area contributed by atoms with E-state index in [-0.39, 0.29) is 17.2 Å². The maximum Gasteiger partial charge on any atom is 0.300 e. The first kappa shape index (κ1) is 24.1. The van der Waals surface area contributed by atoms with Gasteiger partial charge in [0.25, 0.3) is 11.7 Å². The molecule has 1 atom stereocenters. The fourth-order valence-corrected chi connectivity index (χ4v) is 4.77. The molecule has 5 rings (SSSR count). The second-order valence-corrected chi connectivity index (χ2v) is 8.94. The molecule has 3 aromatic rings. The van der Waals surface area contributed by atoms with Crippen LogP contribution in [0.5, 0.6) is 11.5 Å². The number of fused-ring (bicyclic) bond motifs is 1. The number of nitrogens with one attached hydrogen (secondary N) is 1. The van der Waals surface area contributed by atoms with Gasteiger partial charge < -0.3 is 19.9 Å². The van der Waals surface area contributed by atoms with Crippen LogP contribution >= 0.6 is 0 Å². The van der Waals surface area contributed by atoms with E-state index in [0.29, 0.717) is 34.9 Å². The Bertz CT molecular complexity index is 1410. The minimum absolute atomic E-state index is 0.00205. The fourth-order valence-electron chi connectivity index (χ4n) is 4.77. The first-order valence-corrected chi connectivity index (χ1v) is 12.0. The predicted octanol–water partition coefficient (Wildman–Crippen LogP) is 4.60. The van der Waals surface area contributed by atoms with E-state index in [1.165, 1.54) is 11.8 Å². The number of aryl methyl sites for hydroxylation is 1. The highest BCUT2D eigenvalue weighted by atomic mass is 16.5. The van der Waals surface area contributed by atoms with Crippen molar-refractivity contribution in [2.45, 2.75) is 25.8 Å². The molecule has 0 aliphatic carbocycles. The minimum atomic E-state index is -0.871. The van der Waals surface area contributed by atoms with Gasteiger partial charge in [0.1, 0.15) is 17.3 Å². The quantitative estimate of drug-likeness (QED) is 0.303. The molecule has 0 saturated carbocycles. The number of carbonyl (C=O) groups is 3. The molecule has 1 saturated heterocycles. The summed E-state index contributed by atoms with van der Waals surface area (Å²) in [5.74, 6) is -0.620. The standard InChI is InChI=1S/C29H26N2O6/c1-17(32)30-21-8-10-22(11-9-21)31-26(18-5-12-23(36-2)13-6-18)25(28(34)29(31)35)27(33)20-7-14-24-19(16-20)4-3-15-37-24/h5-14,16,26,33H,3-4,15H2,1-2H3,(H,30,32)/b27-25-. The van der Waals surface area contributed by atoms with Gasteiger partial charge >= 0.3 is 0 Å². The third kappa shape index (κ3) is 4.53. The lowest BCUT2D eigenvalue weighted by Crippen LogP contribution is -2.29. The zero-order valence-corrected chi connectivity index (χ0v) is 20.5. The van der Waals surface area contributed by atoms with Crippen LogP contribution in [-0.2, 0) is 20.8 Å². The molecule has 2 heterocycles. The number of ether oxygens (including phenoxy) is 2. The van der Waals surface area contributed by atoms with Crippen LogP contribution in [0.1, 0.15) is 36.1 Å². The molecule has 2 aliphatic rings. The molecule has 2 N–H and O–H groups in total. The van der Waals surface area contributed by atoms with Gasteiger partial charge in [-0.1, -0.05) is 12.1 Å². The Kier molecular flexibility index (Phi) is 6.40. The summed E-state index contributed by atoms with van der Waals surface area (Å²) < 4.78 is 10.9. The van der Waals surface area contributed by atoms with Crippen LogP contribution in [0.25, 0.3) is 5.76 Å². The van der Waals surface area contributed by atoms with Gasteiger partial charge in [0.2, 0.25) is 5.91 Å². The monoisotopic (exact) mass is 498 g/mol. The van der Waals surface area contributed by atoms with E-state index in [1.54, 1.807) is 67.8 Å². The third-order valence-electron chi connectivity index (χ3n) is 6.52. The molecule has 0 aromatic heterocycles. The molecule has 37 heavy (non-hydrogen) atoms. The molecule has 8 nitrogen and oxygen atoms in total. The van der Waals surface area contributed by atoms with Crippen LogP contribution in [-0.4, -0.2) is 36.4 Å². The van der Waals surface area contributed by atoms with Crippen molar-refractivity contribution >= 4 is 34.7 Å². The maximum atomic E-state index is 13.4. The minimum Gasteiger partial charge on any atom is -0.507 e. The Hall–Kier alpha value is -4.59. The Balaban J connectivity index is 1.63. The van der Waals surface area contributed by atoms with Gasteiger partial charge in [-0.3, -0.25) is 19.3 Å². The third-order valence-corrected chi connectivity index (χ3v) is 6.52. The van der Waals surface area contributed by atoms with Crippen LogP contribution in [0, 0.1) is 0 Å². The number of benzene rings is 3. The largest absolute Gasteiger partial charge is 0.507 e. The molecule has 0 spiro atoms. The summed E-state index contributed by atoms with van der Waals surface area (Å²) >= 11 is 0. The number of aliphatic hydroxyl groups is 1. The molecule has 1 unspecified atom stereocenters. The molecule has 8 heteroatoms. The van der Waals surface area contributed by atoms with Gasteiger partial charge in [-0.05, 0) is 78.6 Å². The summed E-state index contributed by atoms with van der Waals surface area (Å²) in [6.07, 6.45) is 1.66. The number of anilines is 2. The van der Waals surface area contributed by atoms with Crippen molar-refractivity contribution in [3.05, 3.63) is 89.0 Å². The number of nitrogens with zero attached hydrogens (tertiary/aromatic N) is 1. The number of hydrogen-bond donors (Lipinski definition) is 2. The van der Waals surface area contributed by atoms with Crippen LogP contribution in [0.15, 0.2) is 72.3 Å². The van der Waals surface area contributed by atoms with E-state index in [2.05, 4.69) is 5.32 Å². The number of Topliss-reactive ketones (excluding diaryl/α,β-unsaturated/α-hetero) is 1. The Morgan fingerprint density at radius 1 is 1.05 bits per heavy atom. The van der Waals surface area contributed by atoms with E-state index in [1.807, 2.05) is 6.07 Å². The lowest BCUT2D eigenvalue weighted by Gasteiger charge is -2.26. The molecule has 188 valence electrons. The number of aliphatic hydroxyl groups excluding tert-OH is 1. The van der Waals surface area contributed by atoms with Gasteiger partial charge in [-0.25, -0.2) is 0 Å². The first-order chi connectivity index (χ1) is 17.9. The van der Waals surface area contributed by atoms with Crippen molar-refractivity contribution in [3.63, 3.8) is 0 Å². The highest BCUT2D eigenvalue weighted by molar-refractivity contribution is 6.51. The lowest BCUT2D eigenvalue weighted by molar-refractivity contribution is -0.132. The highest BCUT2D eigenvalue weighted by Crippen LogP contribution is 2.43. The summed E-state index contributed by atoms with van der Waals surface area (Å²) in [5.41, 5.74) is 3.03. The van der Waals surface area contributed by atoms with E-state index in [9.17, 15) is 19.5 Å². The van der Waals surface area contributed by atoms with Crippen LogP contribution in [0.4, 0.5) is 11.4 Å². The number of methoxy groups -OCH3 is 1. The SMILES string of the molecule is COc1ccc(C2/C(=C(/O)c3ccc4c(c3)CCCO4)C(=O)C(=O)N2c2ccc(NC(C)=O)cc2)cc1. The van der Waals surface area contributed by atoms with E-state index in [0.717, 1.165) is 24.2 Å². The lowest BCUT2D eigenvalue weighted by atomic mass is 9.94. The number of hydrogen-bond acceptors (Lipinski definition) is 6. The van der Waals surface area contributed by atoms with Gasteiger partial charge in [0.05, 0.1) is 25.3 Å². The molecule has 3 aromatic carbocycles. The van der Waals surface area contributed by atoms with Crippen molar-refractivity contribution < 1.29 is 29.0 Å². The predicted molar refractivity (Wildman–Crippen MR) is 139 cm³/mol. The normalized spacial score (nSPS) is 18.2. The molecular formula is C29H26N2O6. The average Bonchev–Trinajstić information content (AvgIpc) is 3.18. The highest BCUT2D eigenvalue weighted by Gasteiger charge is 2.47. The maximum absolute atomic E-state index is 13.4. The molecule has 1 fully saturated rings. The van der Waals surface area contributed by atoms with Crippen molar-refractivity contribution in [1.82, 2.24) is 0 Å². The zero-order chi connectivity index (χ0) is 26.1. The Morgan fingerprint density at radius 3 is 2.46 bits per heavy atom. The van der Waals surface area contributed by atoms with Crippen molar-refractivity contribution in [3.8, 4) is 11.5 Å². The molecular weight excluding hydrogens is 472 g/mol.